The van der Waals surface area contributed by atoms with Gasteiger partial charge in [0.2, 0.25) is 0 Å². The van der Waals surface area contributed by atoms with Gasteiger partial charge in [-0.3, -0.25) is 4.98 Å². The smallest absolute Gasteiger partial charge is 0.127 e. The number of nitrogens with zero attached hydrogens (tertiary/aromatic N) is 1. The molecular formula is C18H17NO. The Hall–Kier alpha value is -2.35. The molecule has 3 aromatic rings. The van der Waals surface area contributed by atoms with E-state index in [9.17, 15) is 0 Å². The van der Waals surface area contributed by atoms with E-state index in [0.717, 1.165) is 22.9 Å². The van der Waals surface area contributed by atoms with E-state index in [1.807, 2.05) is 30.5 Å². The van der Waals surface area contributed by atoms with Gasteiger partial charge in [-0.1, -0.05) is 42.5 Å². The summed E-state index contributed by atoms with van der Waals surface area (Å²) >= 11 is 0. The fraction of sp³-hybridized carbons (Fsp3) is 0.167. The van der Waals surface area contributed by atoms with Crippen LogP contribution in [-0.4, -0.2) is 11.1 Å². The molecular weight excluding hydrogens is 246 g/mol. The Kier molecular flexibility index (Phi) is 3.64. The van der Waals surface area contributed by atoms with E-state index < -0.39 is 0 Å². The first-order valence-electron chi connectivity index (χ1n) is 6.86. The van der Waals surface area contributed by atoms with E-state index in [-0.39, 0.29) is 6.10 Å². The van der Waals surface area contributed by atoms with Crippen molar-refractivity contribution in [2.75, 3.05) is 0 Å². The van der Waals surface area contributed by atoms with Crippen molar-refractivity contribution in [1.82, 2.24) is 4.98 Å². The molecule has 2 nitrogen and oxygen atoms in total. The molecule has 20 heavy (non-hydrogen) atoms. The summed E-state index contributed by atoms with van der Waals surface area (Å²) in [5.41, 5.74) is 1.29. The monoisotopic (exact) mass is 263 g/mol. The first-order valence-corrected chi connectivity index (χ1v) is 6.86. The second-order valence-electron chi connectivity index (χ2n) is 4.97. The van der Waals surface area contributed by atoms with Crippen LogP contribution in [0.5, 0.6) is 5.75 Å². The summed E-state index contributed by atoms with van der Waals surface area (Å²) in [6.45, 7) is 2.10. The molecule has 0 aliphatic rings. The zero-order valence-electron chi connectivity index (χ0n) is 11.5. The van der Waals surface area contributed by atoms with Crippen LogP contribution in [0.1, 0.15) is 12.5 Å². The SMILES string of the molecule is CC(Cc1ccccc1)Oc1cccc2cnccc12. The van der Waals surface area contributed by atoms with Gasteiger partial charge in [-0.25, -0.2) is 0 Å². The van der Waals surface area contributed by atoms with Gasteiger partial charge in [-0.15, -0.1) is 0 Å². The minimum Gasteiger partial charge on any atom is -0.490 e. The largest absolute Gasteiger partial charge is 0.490 e. The highest BCUT2D eigenvalue weighted by molar-refractivity contribution is 5.87. The van der Waals surface area contributed by atoms with Crippen molar-refractivity contribution in [2.24, 2.45) is 0 Å². The summed E-state index contributed by atoms with van der Waals surface area (Å²) in [7, 11) is 0. The Bertz CT molecular complexity index is 689. The summed E-state index contributed by atoms with van der Waals surface area (Å²) in [4.78, 5) is 4.15. The molecule has 0 aliphatic carbocycles. The van der Waals surface area contributed by atoms with Crippen LogP contribution in [0, 0.1) is 0 Å². The lowest BCUT2D eigenvalue weighted by Crippen LogP contribution is -2.15. The van der Waals surface area contributed by atoms with E-state index in [2.05, 4.69) is 42.2 Å². The maximum Gasteiger partial charge on any atom is 0.127 e. The Labute approximate surface area is 119 Å². The normalized spacial score (nSPS) is 12.2. The number of ether oxygens (including phenoxy) is 1. The molecule has 0 aliphatic heterocycles. The van der Waals surface area contributed by atoms with Gasteiger partial charge < -0.3 is 4.74 Å². The van der Waals surface area contributed by atoms with Crippen LogP contribution < -0.4 is 4.74 Å². The van der Waals surface area contributed by atoms with E-state index in [4.69, 9.17) is 4.74 Å². The lowest BCUT2D eigenvalue weighted by atomic mass is 10.1. The average Bonchev–Trinajstić information content (AvgIpc) is 2.48. The van der Waals surface area contributed by atoms with Gasteiger partial charge in [0.25, 0.3) is 0 Å². The lowest BCUT2D eigenvalue weighted by Gasteiger charge is -2.16. The highest BCUT2D eigenvalue weighted by atomic mass is 16.5. The fourth-order valence-electron chi connectivity index (χ4n) is 2.40. The number of hydrogen-bond acceptors (Lipinski definition) is 2. The van der Waals surface area contributed by atoms with Gasteiger partial charge in [-0.05, 0) is 24.6 Å². The maximum absolute atomic E-state index is 6.10. The third kappa shape index (κ3) is 2.80. The van der Waals surface area contributed by atoms with Gasteiger partial charge in [-0.2, -0.15) is 0 Å². The molecule has 0 bridgehead atoms. The van der Waals surface area contributed by atoms with Crippen LogP contribution in [0.25, 0.3) is 10.8 Å². The molecule has 0 amide bonds. The zero-order valence-corrected chi connectivity index (χ0v) is 11.5. The number of pyridine rings is 1. The number of hydrogen-bond donors (Lipinski definition) is 0. The van der Waals surface area contributed by atoms with E-state index >= 15 is 0 Å². The minimum absolute atomic E-state index is 0.135. The third-order valence-corrected chi connectivity index (χ3v) is 3.33. The van der Waals surface area contributed by atoms with Crippen LogP contribution >= 0.6 is 0 Å². The molecule has 1 heterocycles. The lowest BCUT2D eigenvalue weighted by molar-refractivity contribution is 0.225. The van der Waals surface area contributed by atoms with E-state index in [1.54, 1.807) is 6.20 Å². The van der Waals surface area contributed by atoms with Crippen molar-refractivity contribution in [1.29, 1.82) is 0 Å². The van der Waals surface area contributed by atoms with Crippen molar-refractivity contribution < 1.29 is 4.74 Å². The Balaban J connectivity index is 1.79. The predicted molar refractivity (Wildman–Crippen MR) is 82.0 cm³/mol. The Morgan fingerprint density at radius 1 is 1.00 bits per heavy atom. The van der Waals surface area contributed by atoms with Gasteiger partial charge in [0.15, 0.2) is 0 Å². The highest BCUT2D eigenvalue weighted by Gasteiger charge is 2.08. The second kappa shape index (κ2) is 5.74. The summed E-state index contributed by atoms with van der Waals surface area (Å²) in [6, 6.07) is 18.5. The molecule has 0 N–H and O–H groups in total. The Morgan fingerprint density at radius 3 is 2.70 bits per heavy atom. The Morgan fingerprint density at radius 2 is 1.85 bits per heavy atom. The third-order valence-electron chi connectivity index (χ3n) is 3.33. The first-order chi connectivity index (χ1) is 9.83. The quantitative estimate of drug-likeness (QED) is 0.702. The van der Waals surface area contributed by atoms with Gasteiger partial charge in [0, 0.05) is 29.6 Å². The molecule has 100 valence electrons. The molecule has 2 heteroatoms. The van der Waals surface area contributed by atoms with Gasteiger partial charge >= 0.3 is 0 Å². The van der Waals surface area contributed by atoms with Crippen LogP contribution in [-0.2, 0) is 6.42 Å². The predicted octanol–water partition coefficient (Wildman–Crippen LogP) is 4.24. The summed E-state index contributed by atoms with van der Waals surface area (Å²) in [6.07, 6.45) is 4.71. The molecule has 3 rings (SSSR count). The van der Waals surface area contributed by atoms with Crippen molar-refractivity contribution in [3.05, 3.63) is 72.6 Å². The molecule has 0 fully saturated rings. The summed E-state index contributed by atoms with van der Waals surface area (Å²) in [5.74, 6) is 0.924. The highest BCUT2D eigenvalue weighted by Crippen LogP contribution is 2.25. The molecule has 0 radical (unpaired) electrons. The van der Waals surface area contributed by atoms with Gasteiger partial charge in [0.1, 0.15) is 5.75 Å². The zero-order chi connectivity index (χ0) is 13.8. The fourth-order valence-corrected chi connectivity index (χ4v) is 2.40. The molecule has 1 aromatic heterocycles. The van der Waals surface area contributed by atoms with Crippen LogP contribution in [0.4, 0.5) is 0 Å². The maximum atomic E-state index is 6.10. The van der Waals surface area contributed by atoms with E-state index in [1.165, 1.54) is 5.56 Å². The van der Waals surface area contributed by atoms with Crippen molar-refractivity contribution in [3.63, 3.8) is 0 Å². The molecule has 0 saturated heterocycles. The number of fused-ring (bicyclic) bond motifs is 1. The number of rotatable bonds is 4. The number of aromatic nitrogens is 1. The minimum atomic E-state index is 0.135. The van der Waals surface area contributed by atoms with Crippen LogP contribution in [0.2, 0.25) is 0 Å². The summed E-state index contributed by atoms with van der Waals surface area (Å²) < 4.78 is 6.10. The van der Waals surface area contributed by atoms with Gasteiger partial charge in [0.05, 0.1) is 6.10 Å². The van der Waals surface area contributed by atoms with Crippen LogP contribution in [0.15, 0.2) is 67.0 Å². The van der Waals surface area contributed by atoms with E-state index in [0.29, 0.717) is 0 Å². The summed E-state index contributed by atoms with van der Waals surface area (Å²) in [5, 5.41) is 2.22. The average molecular weight is 263 g/mol. The topological polar surface area (TPSA) is 22.1 Å². The standard InChI is InChI=1S/C18H17NO/c1-14(12-15-6-3-2-4-7-15)20-18-9-5-8-16-13-19-11-10-17(16)18/h2-11,13-14H,12H2,1H3. The van der Waals surface area contributed by atoms with Crippen molar-refractivity contribution in [3.8, 4) is 5.75 Å². The van der Waals surface area contributed by atoms with Crippen molar-refractivity contribution in [2.45, 2.75) is 19.4 Å². The number of benzene rings is 2. The molecule has 1 unspecified atom stereocenters. The van der Waals surface area contributed by atoms with Crippen LogP contribution in [0.3, 0.4) is 0 Å². The molecule has 0 saturated carbocycles. The second-order valence-corrected chi connectivity index (χ2v) is 4.97. The molecule has 2 aromatic carbocycles. The molecule has 1 atom stereocenters. The first kappa shape index (κ1) is 12.7. The molecule has 0 spiro atoms. The van der Waals surface area contributed by atoms with Crippen molar-refractivity contribution >= 4 is 10.8 Å².